The molecule has 1 rings (SSSR count). The van der Waals surface area contributed by atoms with Crippen molar-refractivity contribution in [3.8, 4) is 0 Å². The normalized spacial score (nSPS) is 11.6. The number of ketones is 1. The molecule has 1 nitrogen and oxygen atoms in total. The Labute approximate surface area is 104 Å². The third kappa shape index (κ3) is 2.77. The lowest BCUT2D eigenvalue weighted by Gasteiger charge is -2.13. The second kappa shape index (κ2) is 4.75. The molecule has 1 aromatic rings. The predicted octanol–water partition coefficient (Wildman–Crippen LogP) is 4.24. The Hall–Kier alpha value is -0.550. The fourth-order valence-corrected chi connectivity index (χ4v) is 1.86. The number of halogens is 5. The van der Waals surface area contributed by atoms with Gasteiger partial charge in [-0.1, -0.05) is 27.5 Å². The van der Waals surface area contributed by atoms with Gasteiger partial charge in [0, 0.05) is 10.6 Å². The van der Waals surface area contributed by atoms with Crippen LogP contribution in [0, 0.1) is 6.92 Å². The van der Waals surface area contributed by atoms with Crippen LogP contribution in [0.4, 0.5) is 13.2 Å². The summed E-state index contributed by atoms with van der Waals surface area (Å²) in [5.41, 5.74) is -0.970. The molecule has 0 fully saturated rings. The summed E-state index contributed by atoms with van der Waals surface area (Å²) in [7, 11) is 0. The zero-order valence-corrected chi connectivity index (χ0v) is 10.5. The molecule has 0 aliphatic rings. The molecule has 0 spiro atoms. The van der Waals surface area contributed by atoms with Gasteiger partial charge in [-0.2, -0.15) is 13.2 Å². The molecular weight excluding hydrogens is 308 g/mol. The number of carbonyl (C=O) groups is 1. The molecule has 0 aliphatic carbocycles. The Morgan fingerprint density at radius 2 is 2.00 bits per heavy atom. The highest BCUT2D eigenvalue weighted by atomic mass is 79.9. The smallest absolute Gasteiger partial charge is 0.293 e. The van der Waals surface area contributed by atoms with E-state index in [1.165, 1.54) is 13.0 Å². The summed E-state index contributed by atoms with van der Waals surface area (Å²) in [5.74, 6) is -0.425. The van der Waals surface area contributed by atoms with Gasteiger partial charge in [0.05, 0.1) is 10.9 Å². The van der Waals surface area contributed by atoms with E-state index in [4.69, 9.17) is 11.6 Å². The lowest BCUT2D eigenvalue weighted by Crippen LogP contribution is -2.12. The number of hydrogen-bond acceptors (Lipinski definition) is 1. The Balaban J connectivity index is 3.44. The zero-order chi connectivity index (χ0) is 12.5. The van der Waals surface area contributed by atoms with Crippen LogP contribution in [-0.2, 0) is 6.18 Å². The summed E-state index contributed by atoms with van der Waals surface area (Å²) in [5, 5.41) is -0.131. The van der Waals surface area contributed by atoms with Crippen molar-refractivity contribution in [2.75, 3.05) is 5.33 Å². The highest BCUT2D eigenvalue weighted by Gasteiger charge is 2.34. The third-order valence-corrected chi connectivity index (χ3v) is 2.83. The largest absolute Gasteiger partial charge is 0.416 e. The van der Waals surface area contributed by atoms with Crippen LogP contribution < -0.4 is 0 Å². The molecule has 6 heteroatoms. The molecule has 0 N–H and O–H groups in total. The maximum absolute atomic E-state index is 12.6. The molecule has 0 saturated carbocycles. The fourth-order valence-electron chi connectivity index (χ4n) is 1.34. The average molecular weight is 316 g/mol. The van der Waals surface area contributed by atoms with Gasteiger partial charge < -0.3 is 0 Å². The number of hydrogen-bond donors (Lipinski definition) is 0. The van der Waals surface area contributed by atoms with Crippen molar-refractivity contribution in [1.29, 1.82) is 0 Å². The lowest BCUT2D eigenvalue weighted by molar-refractivity contribution is -0.138. The lowest BCUT2D eigenvalue weighted by atomic mass is 9.99. The van der Waals surface area contributed by atoms with Gasteiger partial charge in [0.1, 0.15) is 0 Å². The molecule has 0 aromatic heterocycles. The topological polar surface area (TPSA) is 17.1 Å². The van der Waals surface area contributed by atoms with E-state index in [1.54, 1.807) is 0 Å². The SMILES string of the molecule is Cc1c(C(=O)CBr)cc(Cl)cc1C(F)(F)F. The average Bonchev–Trinajstić information content (AvgIpc) is 2.18. The minimum Gasteiger partial charge on any atom is -0.293 e. The zero-order valence-electron chi connectivity index (χ0n) is 8.16. The Morgan fingerprint density at radius 1 is 1.44 bits per heavy atom. The monoisotopic (exact) mass is 314 g/mol. The molecule has 88 valence electrons. The van der Waals surface area contributed by atoms with Crippen molar-refractivity contribution in [2.24, 2.45) is 0 Å². The number of benzene rings is 1. The second-order valence-corrected chi connectivity index (χ2v) is 4.18. The van der Waals surface area contributed by atoms with E-state index in [9.17, 15) is 18.0 Å². The van der Waals surface area contributed by atoms with E-state index < -0.39 is 17.5 Å². The summed E-state index contributed by atoms with van der Waals surface area (Å²) < 4.78 is 37.8. The van der Waals surface area contributed by atoms with Gasteiger partial charge in [-0.25, -0.2) is 0 Å². The molecule has 16 heavy (non-hydrogen) atoms. The summed E-state index contributed by atoms with van der Waals surface area (Å²) in [6, 6.07) is 2.07. The van der Waals surface area contributed by atoms with Gasteiger partial charge in [0.25, 0.3) is 0 Å². The van der Waals surface area contributed by atoms with Crippen LogP contribution in [0.1, 0.15) is 21.5 Å². The number of alkyl halides is 4. The van der Waals surface area contributed by atoms with E-state index in [2.05, 4.69) is 15.9 Å². The summed E-state index contributed by atoms with van der Waals surface area (Å²) in [6.45, 7) is 1.26. The van der Waals surface area contributed by atoms with E-state index in [-0.39, 0.29) is 21.5 Å². The van der Waals surface area contributed by atoms with Crippen LogP contribution in [0.15, 0.2) is 12.1 Å². The van der Waals surface area contributed by atoms with Gasteiger partial charge in [0.2, 0.25) is 0 Å². The van der Waals surface area contributed by atoms with E-state index in [1.807, 2.05) is 0 Å². The van der Waals surface area contributed by atoms with Crippen LogP contribution >= 0.6 is 27.5 Å². The molecule has 0 aliphatic heterocycles. The van der Waals surface area contributed by atoms with Gasteiger partial charge in [-0.3, -0.25) is 4.79 Å². The molecule has 0 saturated heterocycles. The highest BCUT2D eigenvalue weighted by molar-refractivity contribution is 9.09. The number of rotatable bonds is 2. The molecule has 0 radical (unpaired) electrons. The third-order valence-electron chi connectivity index (χ3n) is 2.10. The van der Waals surface area contributed by atoms with Crippen LogP contribution in [0.3, 0.4) is 0 Å². The Bertz CT molecular complexity index is 429. The molecule has 1 aromatic carbocycles. The number of Topliss-reactive ketones (excluding diaryl/α,β-unsaturated/α-hetero) is 1. The van der Waals surface area contributed by atoms with E-state index in [0.29, 0.717) is 0 Å². The molecular formula is C10H7BrClF3O. The van der Waals surface area contributed by atoms with E-state index >= 15 is 0 Å². The van der Waals surface area contributed by atoms with Crippen LogP contribution in [-0.4, -0.2) is 11.1 Å². The van der Waals surface area contributed by atoms with Crippen molar-refractivity contribution >= 4 is 33.3 Å². The first-order valence-electron chi connectivity index (χ1n) is 4.24. The fraction of sp³-hybridized carbons (Fsp3) is 0.300. The Kier molecular flexibility index (Phi) is 4.02. The summed E-state index contributed by atoms with van der Waals surface area (Å²) >= 11 is 8.47. The summed E-state index contributed by atoms with van der Waals surface area (Å²) in [6.07, 6.45) is -4.50. The van der Waals surface area contributed by atoms with Crippen molar-refractivity contribution in [1.82, 2.24) is 0 Å². The second-order valence-electron chi connectivity index (χ2n) is 3.18. The van der Waals surface area contributed by atoms with Gasteiger partial charge >= 0.3 is 6.18 Å². The van der Waals surface area contributed by atoms with Crippen molar-refractivity contribution < 1.29 is 18.0 Å². The molecule has 0 atom stereocenters. The minimum atomic E-state index is -4.50. The van der Waals surface area contributed by atoms with Gasteiger partial charge in [-0.05, 0) is 24.6 Å². The van der Waals surface area contributed by atoms with Crippen LogP contribution in [0.5, 0.6) is 0 Å². The number of carbonyl (C=O) groups excluding carboxylic acids is 1. The van der Waals surface area contributed by atoms with Crippen LogP contribution in [0.25, 0.3) is 0 Å². The van der Waals surface area contributed by atoms with Gasteiger partial charge in [0.15, 0.2) is 5.78 Å². The molecule has 0 unspecified atom stereocenters. The summed E-state index contributed by atoms with van der Waals surface area (Å²) in [4.78, 5) is 11.4. The van der Waals surface area contributed by atoms with Crippen molar-refractivity contribution in [2.45, 2.75) is 13.1 Å². The standard InChI is InChI=1S/C10H7BrClF3O/c1-5-7(9(16)4-11)2-6(12)3-8(5)10(13,14)15/h2-3H,4H2,1H3. The van der Waals surface area contributed by atoms with E-state index in [0.717, 1.165) is 6.07 Å². The Morgan fingerprint density at radius 3 is 2.44 bits per heavy atom. The predicted molar refractivity (Wildman–Crippen MR) is 59.3 cm³/mol. The maximum Gasteiger partial charge on any atom is 0.416 e. The first-order chi connectivity index (χ1) is 7.27. The van der Waals surface area contributed by atoms with Crippen molar-refractivity contribution in [3.05, 3.63) is 33.8 Å². The molecule has 0 amide bonds. The van der Waals surface area contributed by atoms with Crippen molar-refractivity contribution in [3.63, 3.8) is 0 Å². The first kappa shape index (κ1) is 13.5. The maximum atomic E-state index is 12.6. The minimum absolute atomic E-state index is 0.00306. The highest BCUT2D eigenvalue weighted by Crippen LogP contribution is 2.35. The quantitative estimate of drug-likeness (QED) is 0.589. The van der Waals surface area contributed by atoms with Crippen LogP contribution in [0.2, 0.25) is 5.02 Å². The molecule has 0 heterocycles. The molecule has 0 bridgehead atoms. The van der Waals surface area contributed by atoms with Gasteiger partial charge in [-0.15, -0.1) is 0 Å². The first-order valence-corrected chi connectivity index (χ1v) is 5.74.